The molecule has 21 heavy (non-hydrogen) atoms. The Kier molecular flexibility index (Phi) is 4.98. The summed E-state index contributed by atoms with van der Waals surface area (Å²) in [7, 11) is 0. The topological polar surface area (TPSA) is 35.2 Å². The van der Waals surface area contributed by atoms with Crippen LogP contribution in [0.1, 0.15) is 51.2 Å². The van der Waals surface area contributed by atoms with Gasteiger partial charge in [0.1, 0.15) is 11.9 Å². The third kappa shape index (κ3) is 3.79. The van der Waals surface area contributed by atoms with E-state index in [1.54, 1.807) is 0 Å². The van der Waals surface area contributed by atoms with E-state index in [0.29, 0.717) is 11.3 Å². The molecule has 0 saturated heterocycles. The Bertz CT molecular complexity index is 455. The molecule has 2 rings (SSSR count). The van der Waals surface area contributed by atoms with Crippen molar-refractivity contribution in [2.75, 3.05) is 6.54 Å². The molecule has 3 atom stereocenters. The van der Waals surface area contributed by atoms with E-state index in [0.717, 1.165) is 24.6 Å². The second-order valence-corrected chi connectivity index (χ2v) is 7.75. The first-order valence-corrected chi connectivity index (χ1v) is 8.26. The van der Waals surface area contributed by atoms with Crippen LogP contribution in [0.5, 0.6) is 5.75 Å². The Morgan fingerprint density at radius 2 is 1.76 bits per heavy atom. The van der Waals surface area contributed by atoms with E-state index in [1.165, 1.54) is 24.0 Å². The summed E-state index contributed by atoms with van der Waals surface area (Å²) in [5, 5.41) is 0. The molecule has 1 fully saturated rings. The monoisotopic (exact) mass is 289 g/mol. The largest absolute Gasteiger partial charge is 0.490 e. The van der Waals surface area contributed by atoms with E-state index in [4.69, 9.17) is 10.5 Å². The number of ether oxygens (including phenoxy) is 1. The molecule has 0 aromatic heterocycles. The van der Waals surface area contributed by atoms with Crippen molar-refractivity contribution in [2.45, 2.75) is 60.0 Å². The molecule has 0 aliphatic heterocycles. The highest BCUT2D eigenvalue weighted by Crippen LogP contribution is 2.41. The second-order valence-electron chi connectivity index (χ2n) is 7.75. The maximum Gasteiger partial charge on any atom is 0.125 e. The lowest BCUT2D eigenvalue weighted by molar-refractivity contribution is 0.0323. The van der Waals surface area contributed by atoms with Crippen molar-refractivity contribution in [1.29, 1.82) is 0 Å². The summed E-state index contributed by atoms with van der Waals surface area (Å²) in [6.07, 6.45) is 3.85. The highest BCUT2D eigenvalue weighted by atomic mass is 16.5. The van der Waals surface area contributed by atoms with Gasteiger partial charge in [0.05, 0.1) is 0 Å². The summed E-state index contributed by atoms with van der Waals surface area (Å²) in [6.45, 7) is 12.0. The van der Waals surface area contributed by atoms with Crippen LogP contribution in [-0.2, 0) is 0 Å². The zero-order valence-corrected chi connectivity index (χ0v) is 14.3. The van der Waals surface area contributed by atoms with Crippen LogP contribution in [0, 0.1) is 31.1 Å². The average Bonchev–Trinajstić information content (AvgIpc) is 2.42. The standard InChI is InChI=1S/C19H31NO/c1-13-7-6-8-14(2)18(13)21-17-11-16(19(3,4)5)10-9-15(17)12-20/h6-8,15-17H,9-12,20H2,1-5H3. The lowest BCUT2D eigenvalue weighted by atomic mass is 9.68. The zero-order valence-electron chi connectivity index (χ0n) is 14.3. The van der Waals surface area contributed by atoms with Crippen molar-refractivity contribution < 1.29 is 4.74 Å². The van der Waals surface area contributed by atoms with Crippen LogP contribution in [-0.4, -0.2) is 12.6 Å². The van der Waals surface area contributed by atoms with Gasteiger partial charge in [-0.15, -0.1) is 0 Å². The summed E-state index contributed by atoms with van der Waals surface area (Å²) in [4.78, 5) is 0. The molecule has 0 radical (unpaired) electrons. The lowest BCUT2D eigenvalue weighted by Crippen LogP contribution is -2.41. The molecule has 0 bridgehead atoms. The minimum absolute atomic E-state index is 0.257. The van der Waals surface area contributed by atoms with Gasteiger partial charge in [0.15, 0.2) is 0 Å². The fourth-order valence-corrected chi connectivity index (χ4v) is 3.53. The van der Waals surface area contributed by atoms with Gasteiger partial charge in [0.25, 0.3) is 0 Å². The fourth-order valence-electron chi connectivity index (χ4n) is 3.53. The Morgan fingerprint density at radius 3 is 2.29 bits per heavy atom. The maximum atomic E-state index is 6.47. The van der Waals surface area contributed by atoms with Gasteiger partial charge < -0.3 is 10.5 Å². The Morgan fingerprint density at radius 1 is 1.14 bits per heavy atom. The van der Waals surface area contributed by atoms with Gasteiger partial charge in [-0.1, -0.05) is 39.0 Å². The van der Waals surface area contributed by atoms with Crippen LogP contribution < -0.4 is 10.5 Å². The number of hydrogen-bond acceptors (Lipinski definition) is 2. The summed E-state index contributed by atoms with van der Waals surface area (Å²) in [5.41, 5.74) is 8.80. The number of benzene rings is 1. The molecular formula is C19H31NO. The molecule has 1 aliphatic rings. The van der Waals surface area contributed by atoms with E-state index < -0.39 is 0 Å². The molecule has 1 aromatic carbocycles. The number of nitrogens with two attached hydrogens (primary N) is 1. The van der Waals surface area contributed by atoms with Gasteiger partial charge in [-0.3, -0.25) is 0 Å². The van der Waals surface area contributed by atoms with E-state index in [1.807, 2.05) is 0 Å². The van der Waals surface area contributed by atoms with Crippen LogP contribution >= 0.6 is 0 Å². The molecule has 1 saturated carbocycles. The second kappa shape index (κ2) is 6.39. The maximum absolute atomic E-state index is 6.47. The highest BCUT2D eigenvalue weighted by molar-refractivity contribution is 5.39. The third-order valence-corrected chi connectivity index (χ3v) is 5.13. The van der Waals surface area contributed by atoms with Crippen molar-refractivity contribution in [3.05, 3.63) is 29.3 Å². The Balaban J connectivity index is 2.18. The van der Waals surface area contributed by atoms with Crippen molar-refractivity contribution in [1.82, 2.24) is 0 Å². The van der Waals surface area contributed by atoms with E-state index in [2.05, 4.69) is 52.8 Å². The molecule has 2 nitrogen and oxygen atoms in total. The van der Waals surface area contributed by atoms with Gasteiger partial charge in [0, 0.05) is 5.92 Å². The first-order valence-electron chi connectivity index (χ1n) is 8.26. The Labute approximate surface area is 130 Å². The number of hydrogen-bond donors (Lipinski definition) is 1. The molecule has 0 spiro atoms. The molecule has 118 valence electrons. The van der Waals surface area contributed by atoms with Gasteiger partial charge in [0.2, 0.25) is 0 Å². The van der Waals surface area contributed by atoms with Crippen LogP contribution in [0.15, 0.2) is 18.2 Å². The summed E-state index contributed by atoms with van der Waals surface area (Å²) >= 11 is 0. The molecule has 0 amide bonds. The minimum atomic E-state index is 0.257. The van der Waals surface area contributed by atoms with Gasteiger partial charge in [-0.05, 0) is 62.1 Å². The third-order valence-electron chi connectivity index (χ3n) is 5.13. The Hall–Kier alpha value is -1.02. The van der Waals surface area contributed by atoms with Crippen LogP contribution in [0.25, 0.3) is 0 Å². The predicted molar refractivity (Wildman–Crippen MR) is 89.7 cm³/mol. The van der Waals surface area contributed by atoms with Gasteiger partial charge in [-0.2, -0.15) is 0 Å². The normalized spacial score (nSPS) is 26.7. The molecule has 2 N–H and O–H groups in total. The zero-order chi connectivity index (χ0) is 15.6. The summed E-state index contributed by atoms with van der Waals surface area (Å²) < 4.78 is 6.47. The molecule has 2 heteroatoms. The molecule has 1 aliphatic carbocycles. The van der Waals surface area contributed by atoms with Crippen molar-refractivity contribution in [2.24, 2.45) is 23.0 Å². The first kappa shape index (κ1) is 16.4. The van der Waals surface area contributed by atoms with Crippen molar-refractivity contribution >= 4 is 0 Å². The summed E-state index contributed by atoms with van der Waals surface area (Å²) in [5.74, 6) is 2.27. The van der Waals surface area contributed by atoms with E-state index in [9.17, 15) is 0 Å². The number of rotatable bonds is 3. The minimum Gasteiger partial charge on any atom is -0.490 e. The highest BCUT2D eigenvalue weighted by Gasteiger charge is 2.36. The van der Waals surface area contributed by atoms with Crippen LogP contribution in [0.3, 0.4) is 0 Å². The molecule has 0 heterocycles. The summed E-state index contributed by atoms with van der Waals surface area (Å²) in [6, 6.07) is 6.35. The van der Waals surface area contributed by atoms with Crippen molar-refractivity contribution in [3.8, 4) is 5.75 Å². The van der Waals surface area contributed by atoms with Crippen molar-refractivity contribution in [3.63, 3.8) is 0 Å². The quantitative estimate of drug-likeness (QED) is 0.891. The molecule has 3 unspecified atom stereocenters. The smallest absolute Gasteiger partial charge is 0.125 e. The van der Waals surface area contributed by atoms with Crippen LogP contribution in [0.4, 0.5) is 0 Å². The molecular weight excluding hydrogens is 258 g/mol. The number of para-hydroxylation sites is 1. The van der Waals surface area contributed by atoms with E-state index >= 15 is 0 Å². The molecule has 1 aromatic rings. The van der Waals surface area contributed by atoms with E-state index in [-0.39, 0.29) is 6.10 Å². The predicted octanol–water partition coefficient (Wildman–Crippen LogP) is 4.47. The SMILES string of the molecule is Cc1cccc(C)c1OC1CC(C(C)(C)C)CCC1CN. The average molecular weight is 289 g/mol. The fraction of sp³-hybridized carbons (Fsp3) is 0.684. The first-order chi connectivity index (χ1) is 9.82. The van der Waals surface area contributed by atoms with Gasteiger partial charge in [-0.25, -0.2) is 0 Å². The van der Waals surface area contributed by atoms with Gasteiger partial charge >= 0.3 is 0 Å². The number of aryl methyl sites for hydroxylation is 2. The lowest BCUT2D eigenvalue weighted by Gasteiger charge is -2.41. The van der Waals surface area contributed by atoms with Crippen LogP contribution in [0.2, 0.25) is 0 Å².